The van der Waals surface area contributed by atoms with E-state index in [4.69, 9.17) is 5.73 Å². The first-order chi connectivity index (χ1) is 5.65. The van der Waals surface area contributed by atoms with Gasteiger partial charge in [0, 0.05) is 3.57 Å². The second-order valence-electron chi connectivity index (χ2n) is 2.12. The largest absolute Gasteiger partial charge is 0.366 e. The number of rotatable bonds is 2. The lowest BCUT2D eigenvalue weighted by molar-refractivity contribution is 0.100. The van der Waals surface area contributed by atoms with Gasteiger partial charge in [0.2, 0.25) is 0 Å². The van der Waals surface area contributed by atoms with Crippen molar-refractivity contribution < 1.29 is 4.79 Å². The number of benzene rings is 1. The fraction of sp³-hybridized carbons (Fsp3) is 0. The minimum Gasteiger partial charge on any atom is -0.366 e. The maximum absolute atomic E-state index is 10.7. The van der Waals surface area contributed by atoms with Crippen LogP contribution in [0.2, 0.25) is 0 Å². The molecular formula is C7H5IN2O2. The van der Waals surface area contributed by atoms with Crippen LogP contribution in [0.15, 0.2) is 23.4 Å². The van der Waals surface area contributed by atoms with Gasteiger partial charge < -0.3 is 5.73 Å². The van der Waals surface area contributed by atoms with Crippen molar-refractivity contribution in [3.63, 3.8) is 0 Å². The van der Waals surface area contributed by atoms with Gasteiger partial charge in [0.15, 0.2) is 0 Å². The molecule has 1 rings (SSSR count). The highest BCUT2D eigenvalue weighted by Crippen LogP contribution is 2.21. The summed E-state index contributed by atoms with van der Waals surface area (Å²) >= 11 is 2.02. The number of halogens is 1. The predicted octanol–water partition coefficient (Wildman–Crippen LogP) is 1.79. The van der Waals surface area contributed by atoms with Crippen LogP contribution in [-0.2, 0) is 0 Å². The third kappa shape index (κ3) is 1.79. The fourth-order valence-corrected chi connectivity index (χ4v) is 1.26. The van der Waals surface area contributed by atoms with Crippen LogP contribution in [0.1, 0.15) is 10.4 Å². The zero-order chi connectivity index (χ0) is 9.14. The van der Waals surface area contributed by atoms with Crippen molar-refractivity contribution in [3.05, 3.63) is 32.2 Å². The molecule has 0 aliphatic carbocycles. The van der Waals surface area contributed by atoms with Crippen LogP contribution in [0, 0.1) is 8.48 Å². The molecule has 0 aromatic heterocycles. The standard InChI is InChI=1S/C7H5IN2O2/c8-4-1-2-5(7(9)11)6(3-4)10-12/h1-3H,(H2,9,11). The van der Waals surface area contributed by atoms with Crippen LogP contribution < -0.4 is 5.73 Å². The highest BCUT2D eigenvalue weighted by atomic mass is 127. The topological polar surface area (TPSA) is 72.5 Å². The number of nitrogens with zero attached hydrogens (tertiary/aromatic N) is 1. The normalized spacial score (nSPS) is 9.42. The highest BCUT2D eigenvalue weighted by molar-refractivity contribution is 14.1. The minimum absolute atomic E-state index is 0.0920. The van der Waals surface area contributed by atoms with Crippen molar-refractivity contribution in [3.8, 4) is 0 Å². The van der Waals surface area contributed by atoms with E-state index in [1.807, 2.05) is 22.6 Å². The summed E-state index contributed by atoms with van der Waals surface area (Å²) in [7, 11) is 0. The summed E-state index contributed by atoms with van der Waals surface area (Å²) in [4.78, 5) is 20.9. The number of hydrogen-bond acceptors (Lipinski definition) is 3. The van der Waals surface area contributed by atoms with Gasteiger partial charge in [-0.2, -0.15) is 0 Å². The molecule has 0 radical (unpaired) electrons. The lowest BCUT2D eigenvalue weighted by atomic mass is 10.2. The molecule has 2 N–H and O–H groups in total. The summed E-state index contributed by atoms with van der Waals surface area (Å²) in [6.07, 6.45) is 0. The van der Waals surface area contributed by atoms with Gasteiger partial charge >= 0.3 is 0 Å². The Morgan fingerprint density at radius 3 is 2.67 bits per heavy atom. The van der Waals surface area contributed by atoms with Gasteiger partial charge in [-0.25, -0.2) is 0 Å². The summed E-state index contributed by atoms with van der Waals surface area (Å²) in [6, 6.07) is 4.68. The monoisotopic (exact) mass is 276 g/mol. The van der Waals surface area contributed by atoms with Gasteiger partial charge in [0.1, 0.15) is 5.69 Å². The zero-order valence-corrected chi connectivity index (χ0v) is 8.11. The summed E-state index contributed by atoms with van der Waals surface area (Å²) in [5.74, 6) is -0.638. The molecule has 0 aliphatic heterocycles. The maximum atomic E-state index is 10.7. The van der Waals surface area contributed by atoms with Crippen molar-refractivity contribution >= 4 is 34.2 Å². The molecule has 0 saturated carbocycles. The summed E-state index contributed by atoms with van der Waals surface area (Å²) in [6.45, 7) is 0. The molecule has 12 heavy (non-hydrogen) atoms. The molecule has 0 atom stereocenters. The molecule has 1 aromatic rings. The van der Waals surface area contributed by atoms with Gasteiger partial charge in [-0.3, -0.25) is 4.79 Å². The molecule has 5 heteroatoms. The Hall–Kier alpha value is -0.980. The van der Waals surface area contributed by atoms with Crippen LogP contribution in [0.25, 0.3) is 0 Å². The molecule has 0 aliphatic rings. The summed E-state index contributed by atoms with van der Waals surface area (Å²) < 4.78 is 0.840. The van der Waals surface area contributed by atoms with Crippen LogP contribution >= 0.6 is 22.6 Å². The number of carbonyl (C=O) groups is 1. The number of amides is 1. The van der Waals surface area contributed by atoms with E-state index in [1.165, 1.54) is 12.1 Å². The first-order valence-electron chi connectivity index (χ1n) is 3.08. The fourth-order valence-electron chi connectivity index (χ4n) is 0.789. The SMILES string of the molecule is NC(=O)c1ccc(I)cc1N=O. The second-order valence-corrected chi connectivity index (χ2v) is 3.36. The molecule has 0 heterocycles. The van der Waals surface area contributed by atoms with Crippen molar-refractivity contribution in [1.29, 1.82) is 0 Å². The number of primary amides is 1. The van der Waals surface area contributed by atoms with E-state index in [0.717, 1.165) is 3.57 Å². The Balaban J connectivity index is 3.29. The number of carbonyl (C=O) groups excluding carboxylic acids is 1. The van der Waals surface area contributed by atoms with Crippen molar-refractivity contribution in [2.45, 2.75) is 0 Å². The van der Waals surface area contributed by atoms with Gasteiger partial charge in [-0.15, -0.1) is 4.91 Å². The van der Waals surface area contributed by atoms with Gasteiger partial charge in [-0.05, 0) is 46.0 Å². The quantitative estimate of drug-likeness (QED) is 0.660. The Bertz CT molecular complexity index is 338. The first-order valence-corrected chi connectivity index (χ1v) is 4.15. The Morgan fingerprint density at radius 1 is 1.50 bits per heavy atom. The van der Waals surface area contributed by atoms with Crippen molar-refractivity contribution in [2.24, 2.45) is 10.9 Å². The Morgan fingerprint density at radius 2 is 2.17 bits per heavy atom. The molecule has 0 bridgehead atoms. The molecule has 0 spiro atoms. The summed E-state index contributed by atoms with van der Waals surface area (Å²) in [5.41, 5.74) is 5.25. The van der Waals surface area contributed by atoms with Gasteiger partial charge in [0.25, 0.3) is 5.91 Å². The third-order valence-electron chi connectivity index (χ3n) is 1.32. The molecular weight excluding hydrogens is 271 g/mol. The zero-order valence-electron chi connectivity index (χ0n) is 5.95. The number of nitroso groups, excluding NO2 is 1. The predicted molar refractivity (Wildman–Crippen MR) is 53.1 cm³/mol. The molecule has 1 amide bonds. The minimum atomic E-state index is -0.638. The average molecular weight is 276 g/mol. The van der Waals surface area contributed by atoms with Crippen LogP contribution in [-0.4, -0.2) is 5.91 Å². The van der Waals surface area contributed by atoms with E-state index >= 15 is 0 Å². The lowest BCUT2D eigenvalue weighted by Gasteiger charge is -1.97. The lowest BCUT2D eigenvalue weighted by Crippen LogP contribution is -2.10. The van der Waals surface area contributed by atoms with E-state index in [1.54, 1.807) is 6.07 Å². The van der Waals surface area contributed by atoms with E-state index in [9.17, 15) is 9.70 Å². The van der Waals surface area contributed by atoms with Crippen LogP contribution in [0.5, 0.6) is 0 Å². The van der Waals surface area contributed by atoms with Gasteiger partial charge in [0.05, 0.1) is 5.56 Å². The number of nitrogens with two attached hydrogens (primary N) is 1. The van der Waals surface area contributed by atoms with E-state index in [0.29, 0.717) is 0 Å². The van der Waals surface area contributed by atoms with Crippen LogP contribution in [0.4, 0.5) is 5.69 Å². The molecule has 1 aromatic carbocycles. The number of hydrogen-bond donors (Lipinski definition) is 1. The van der Waals surface area contributed by atoms with E-state index < -0.39 is 5.91 Å². The Kier molecular flexibility index (Phi) is 2.74. The van der Waals surface area contributed by atoms with E-state index in [2.05, 4.69) is 5.18 Å². The molecule has 0 fully saturated rings. The maximum Gasteiger partial charge on any atom is 0.251 e. The average Bonchev–Trinajstić information content (AvgIpc) is 2.03. The first kappa shape index (κ1) is 9.11. The highest BCUT2D eigenvalue weighted by Gasteiger charge is 2.07. The third-order valence-corrected chi connectivity index (χ3v) is 1.99. The molecule has 0 saturated heterocycles. The van der Waals surface area contributed by atoms with E-state index in [-0.39, 0.29) is 11.3 Å². The Labute approximate surface area is 82.3 Å². The molecule has 0 unspecified atom stereocenters. The van der Waals surface area contributed by atoms with Crippen LogP contribution in [0.3, 0.4) is 0 Å². The van der Waals surface area contributed by atoms with Crippen molar-refractivity contribution in [1.82, 2.24) is 0 Å². The molecule has 62 valence electrons. The van der Waals surface area contributed by atoms with Gasteiger partial charge in [-0.1, -0.05) is 0 Å². The second kappa shape index (κ2) is 3.61. The van der Waals surface area contributed by atoms with Crippen molar-refractivity contribution in [2.75, 3.05) is 0 Å². The molecule has 4 nitrogen and oxygen atoms in total. The smallest absolute Gasteiger partial charge is 0.251 e. The summed E-state index contributed by atoms with van der Waals surface area (Å²) in [5, 5.41) is 2.70.